The Bertz CT molecular complexity index is 1170. The van der Waals surface area contributed by atoms with Gasteiger partial charge in [-0.3, -0.25) is 9.89 Å². The quantitative estimate of drug-likeness (QED) is 0.567. The Hall–Kier alpha value is -3.55. The van der Waals surface area contributed by atoms with Crippen molar-refractivity contribution in [1.29, 1.82) is 0 Å². The number of H-pyrrole nitrogens is 1. The van der Waals surface area contributed by atoms with E-state index in [0.29, 0.717) is 22.7 Å². The Morgan fingerprint density at radius 2 is 2.00 bits per heavy atom. The van der Waals surface area contributed by atoms with Crippen LogP contribution in [0.2, 0.25) is 0 Å². The first-order chi connectivity index (χ1) is 13.4. The summed E-state index contributed by atoms with van der Waals surface area (Å²) in [6, 6.07) is 9.39. The molecule has 1 amide bonds. The summed E-state index contributed by atoms with van der Waals surface area (Å²) < 4.78 is 1.82. The Balaban J connectivity index is 1.68. The molecular weight excluding hydrogens is 354 g/mol. The Morgan fingerprint density at radius 1 is 1.18 bits per heavy atom. The van der Waals surface area contributed by atoms with E-state index in [-0.39, 0.29) is 11.9 Å². The molecule has 0 spiro atoms. The molecule has 0 aliphatic carbocycles. The van der Waals surface area contributed by atoms with Gasteiger partial charge < -0.3 is 5.32 Å². The molecule has 8 nitrogen and oxygen atoms in total. The van der Waals surface area contributed by atoms with Crippen LogP contribution in [0.3, 0.4) is 0 Å². The molecule has 142 valence electrons. The molecule has 28 heavy (non-hydrogen) atoms. The van der Waals surface area contributed by atoms with E-state index >= 15 is 0 Å². The van der Waals surface area contributed by atoms with Gasteiger partial charge in [0.2, 0.25) is 0 Å². The fraction of sp³-hybridized carbons (Fsp3) is 0.250. The predicted molar refractivity (Wildman–Crippen MR) is 107 cm³/mol. The van der Waals surface area contributed by atoms with Gasteiger partial charge in [-0.2, -0.15) is 10.2 Å². The number of hydrogen-bond donors (Lipinski definition) is 2. The van der Waals surface area contributed by atoms with E-state index in [0.717, 1.165) is 22.5 Å². The topological polar surface area (TPSA) is 101 Å². The van der Waals surface area contributed by atoms with Gasteiger partial charge in [0, 0.05) is 23.0 Å². The average Bonchev–Trinajstić information content (AvgIpc) is 3.27. The number of rotatable bonds is 4. The number of anilines is 1. The van der Waals surface area contributed by atoms with Crippen LogP contribution < -0.4 is 5.32 Å². The van der Waals surface area contributed by atoms with Gasteiger partial charge in [0.25, 0.3) is 5.91 Å². The third kappa shape index (κ3) is 3.24. The monoisotopic (exact) mass is 375 g/mol. The number of aromatic nitrogens is 6. The molecule has 3 heterocycles. The third-order valence-electron chi connectivity index (χ3n) is 4.40. The Kier molecular flexibility index (Phi) is 4.38. The van der Waals surface area contributed by atoms with E-state index in [2.05, 4.69) is 30.6 Å². The van der Waals surface area contributed by atoms with Crippen LogP contribution in [0.1, 0.15) is 41.8 Å². The SMILES string of the molecule is Cc1cc(C(=O)Nc2cccc(-c3n[nH]c(C)n3)c2)c2cnn(C(C)C)c2n1. The molecule has 4 rings (SSSR count). The lowest BCUT2D eigenvalue weighted by Crippen LogP contribution is -2.13. The lowest BCUT2D eigenvalue weighted by Gasteiger charge is -2.10. The second-order valence-electron chi connectivity index (χ2n) is 7.01. The van der Waals surface area contributed by atoms with Crippen molar-refractivity contribution >= 4 is 22.6 Å². The van der Waals surface area contributed by atoms with Gasteiger partial charge in [-0.05, 0) is 45.9 Å². The number of nitrogens with one attached hydrogen (secondary N) is 2. The van der Waals surface area contributed by atoms with Gasteiger partial charge in [-0.15, -0.1) is 0 Å². The van der Waals surface area contributed by atoms with Crippen molar-refractivity contribution in [3.63, 3.8) is 0 Å². The summed E-state index contributed by atoms with van der Waals surface area (Å²) >= 11 is 0. The van der Waals surface area contributed by atoms with E-state index in [1.165, 1.54) is 0 Å². The highest BCUT2D eigenvalue weighted by atomic mass is 16.1. The van der Waals surface area contributed by atoms with Crippen LogP contribution in [0.15, 0.2) is 36.5 Å². The zero-order valence-corrected chi connectivity index (χ0v) is 16.2. The molecule has 0 atom stereocenters. The van der Waals surface area contributed by atoms with Crippen LogP contribution in [-0.2, 0) is 0 Å². The maximum absolute atomic E-state index is 13.0. The number of pyridine rings is 1. The molecule has 0 aliphatic rings. The smallest absolute Gasteiger partial charge is 0.256 e. The van der Waals surface area contributed by atoms with Crippen LogP contribution in [0.4, 0.5) is 5.69 Å². The first-order valence-electron chi connectivity index (χ1n) is 9.08. The first kappa shape index (κ1) is 17.8. The fourth-order valence-electron chi connectivity index (χ4n) is 3.12. The Morgan fingerprint density at radius 3 is 2.71 bits per heavy atom. The summed E-state index contributed by atoms with van der Waals surface area (Å²) in [5.41, 5.74) is 3.53. The number of amides is 1. The molecule has 2 N–H and O–H groups in total. The molecule has 0 unspecified atom stereocenters. The number of carbonyl (C=O) groups is 1. The van der Waals surface area contributed by atoms with Crippen LogP contribution >= 0.6 is 0 Å². The molecule has 0 saturated heterocycles. The summed E-state index contributed by atoms with van der Waals surface area (Å²) in [6.07, 6.45) is 1.70. The summed E-state index contributed by atoms with van der Waals surface area (Å²) in [6.45, 7) is 7.79. The number of carbonyl (C=O) groups excluding carboxylic acids is 1. The van der Waals surface area contributed by atoms with Crippen molar-refractivity contribution in [2.45, 2.75) is 33.7 Å². The Labute approximate surface area is 162 Å². The molecule has 1 aromatic carbocycles. The first-order valence-corrected chi connectivity index (χ1v) is 9.08. The zero-order valence-electron chi connectivity index (χ0n) is 16.2. The molecule has 0 aliphatic heterocycles. The van der Waals surface area contributed by atoms with E-state index < -0.39 is 0 Å². The molecule has 3 aromatic heterocycles. The molecule has 4 aromatic rings. The highest BCUT2D eigenvalue weighted by Gasteiger charge is 2.17. The molecule has 8 heteroatoms. The lowest BCUT2D eigenvalue weighted by atomic mass is 10.1. The molecule has 0 saturated carbocycles. The predicted octanol–water partition coefficient (Wildman–Crippen LogP) is 3.67. The van der Waals surface area contributed by atoms with E-state index in [4.69, 9.17) is 0 Å². The maximum Gasteiger partial charge on any atom is 0.256 e. The second-order valence-corrected chi connectivity index (χ2v) is 7.01. The maximum atomic E-state index is 13.0. The molecule has 0 fully saturated rings. The summed E-state index contributed by atoms with van der Waals surface area (Å²) in [5, 5.41) is 15.1. The van der Waals surface area contributed by atoms with Gasteiger partial charge >= 0.3 is 0 Å². The van der Waals surface area contributed by atoms with Gasteiger partial charge in [0.15, 0.2) is 11.5 Å². The summed E-state index contributed by atoms with van der Waals surface area (Å²) in [5.74, 6) is 1.12. The standard InChI is InChI=1S/C20H21N7O/c1-11(2)27-19-17(10-21-27)16(8-12(3)22-19)20(28)24-15-7-5-6-14(9-15)18-23-13(4)25-26-18/h5-11H,1-4H3,(H,24,28)(H,23,25,26). The highest BCUT2D eigenvalue weighted by Crippen LogP contribution is 2.23. The highest BCUT2D eigenvalue weighted by molar-refractivity contribution is 6.12. The van der Waals surface area contributed by atoms with Crippen LogP contribution in [0.25, 0.3) is 22.4 Å². The van der Waals surface area contributed by atoms with Crippen LogP contribution in [0, 0.1) is 13.8 Å². The molecule has 0 bridgehead atoms. The van der Waals surface area contributed by atoms with E-state index in [1.54, 1.807) is 12.3 Å². The van der Waals surface area contributed by atoms with Crippen LogP contribution in [-0.4, -0.2) is 35.9 Å². The number of aromatic amines is 1. The van der Waals surface area contributed by atoms with Gasteiger partial charge in [0.1, 0.15) is 5.82 Å². The minimum atomic E-state index is -0.206. The average molecular weight is 375 g/mol. The fourth-order valence-corrected chi connectivity index (χ4v) is 3.12. The van der Waals surface area contributed by atoms with Crippen molar-refractivity contribution in [3.8, 4) is 11.4 Å². The minimum absolute atomic E-state index is 0.157. The van der Waals surface area contributed by atoms with E-state index in [1.807, 2.05) is 56.6 Å². The summed E-state index contributed by atoms with van der Waals surface area (Å²) in [7, 11) is 0. The van der Waals surface area contributed by atoms with Gasteiger partial charge in [0.05, 0.1) is 17.1 Å². The van der Waals surface area contributed by atoms with Crippen molar-refractivity contribution < 1.29 is 4.79 Å². The number of hydrogen-bond acceptors (Lipinski definition) is 5. The van der Waals surface area contributed by atoms with Crippen molar-refractivity contribution in [2.75, 3.05) is 5.32 Å². The van der Waals surface area contributed by atoms with Crippen LogP contribution in [0.5, 0.6) is 0 Å². The number of benzene rings is 1. The lowest BCUT2D eigenvalue weighted by molar-refractivity contribution is 0.102. The number of nitrogens with zero attached hydrogens (tertiary/aromatic N) is 5. The number of aryl methyl sites for hydroxylation is 2. The molecular formula is C20H21N7O. The second kappa shape index (κ2) is 6.88. The van der Waals surface area contributed by atoms with Crippen molar-refractivity contribution in [1.82, 2.24) is 29.9 Å². The largest absolute Gasteiger partial charge is 0.322 e. The van der Waals surface area contributed by atoms with Crippen molar-refractivity contribution in [3.05, 3.63) is 53.6 Å². The molecule has 0 radical (unpaired) electrons. The third-order valence-corrected chi connectivity index (χ3v) is 4.40. The summed E-state index contributed by atoms with van der Waals surface area (Å²) in [4.78, 5) is 21.9. The number of fused-ring (bicyclic) bond motifs is 1. The zero-order chi connectivity index (χ0) is 19.8. The normalized spacial score (nSPS) is 11.3. The van der Waals surface area contributed by atoms with Crippen molar-refractivity contribution in [2.24, 2.45) is 0 Å². The van der Waals surface area contributed by atoms with Gasteiger partial charge in [-0.25, -0.2) is 14.6 Å². The van der Waals surface area contributed by atoms with Gasteiger partial charge in [-0.1, -0.05) is 12.1 Å². The van der Waals surface area contributed by atoms with E-state index in [9.17, 15) is 4.79 Å². The minimum Gasteiger partial charge on any atom is -0.322 e.